The average molecular weight is 376 g/mol. The molecule has 2 unspecified atom stereocenters. The third-order valence-electron chi connectivity index (χ3n) is 4.68. The molecule has 2 aliphatic rings. The molecule has 9 heteroatoms. The van der Waals surface area contributed by atoms with Gasteiger partial charge in [-0.25, -0.2) is 4.79 Å². The molecular formula is C16H28N2O6S. The molecule has 2 atom stereocenters. The Hall–Kier alpha value is -1.35. The maximum atomic E-state index is 12.5. The largest absolute Gasteiger partial charge is 0.444 e. The van der Waals surface area contributed by atoms with E-state index in [1.54, 1.807) is 25.7 Å². The third kappa shape index (κ3) is 5.85. The Labute approximate surface area is 149 Å². The zero-order valence-corrected chi connectivity index (χ0v) is 15.8. The number of hydrogen-bond acceptors (Lipinski definition) is 5. The Bertz CT molecular complexity index is 605. The fourth-order valence-corrected chi connectivity index (χ4v) is 4.32. The minimum absolute atomic E-state index is 0.0342. The molecule has 0 spiro atoms. The van der Waals surface area contributed by atoms with Crippen LogP contribution < -0.4 is 5.32 Å². The molecular weight excluding hydrogens is 348 g/mol. The summed E-state index contributed by atoms with van der Waals surface area (Å²) >= 11 is 0. The molecule has 1 aliphatic carbocycles. The van der Waals surface area contributed by atoms with Crippen LogP contribution in [-0.4, -0.2) is 59.9 Å². The number of hydrogen-bond donors (Lipinski definition) is 2. The van der Waals surface area contributed by atoms with E-state index in [9.17, 15) is 18.0 Å². The Morgan fingerprint density at radius 2 is 1.72 bits per heavy atom. The van der Waals surface area contributed by atoms with Crippen molar-refractivity contribution >= 4 is 22.1 Å². The Morgan fingerprint density at radius 3 is 2.20 bits per heavy atom. The van der Waals surface area contributed by atoms with E-state index in [0.29, 0.717) is 38.8 Å². The predicted octanol–water partition coefficient (Wildman–Crippen LogP) is 1.56. The minimum atomic E-state index is -4.07. The van der Waals surface area contributed by atoms with E-state index in [1.807, 2.05) is 0 Å². The van der Waals surface area contributed by atoms with E-state index in [-0.39, 0.29) is 24.3 Å². The molecule has 8 nitrogen and oxygen atoms in total. The molecule has 144 valence electrons. The zero-order valence-electron chi connectivity index (χ0n) is 15.0. The fraction of sp³-hybridized carbons (Fsp3) is 0.875. The minimum Gasteiger partial charge on any atom is -0.444 e. The molecule has 0 bridgehead atoms. The standard InChI is InChI=1S/C16H28N2O6S/c1-16(2,3)24-15(20)17-12-6-8-18(9-7-12)14(19)11-4-5-13(10-11)25(21,22)23/h11-13H,4-10H2,1-3H3,(H,17,20)(H,21,22,23). The highest BCUT2D eigenvalue weighted by Crippen LogP contribution is 2.32. The van der Waals surface area contributed by atoms with Gasteiger partial charge in [0.05, 0.1) is 5.25 Å². The van der Waals surface area contributed by atoms with Gasteiger partial charge in [0.1, 0.15) is 5.60 Å². The van der Waals surface area contributed by atoms with Crippen LogP contribution in [-0.2, 0) is 19.6 Å². The van der Waals surface area contributed by atoms with Gasteiger partial charge in [0, 0.05) is 25.0 Å². The van der Waals surface area contributed by atoms with E-state index in [4.69, 9.17) is 9.29 Å². The third-order valence-corrected chi connectivity index (χ3v) is 5.95. The van der Waals surface area contributed by atoms with Crippen LogP contribution in [0.15, 0.2) is 0 Å². The van der Waals surface area contributed by atoms with Gasteiger partial charge >= 0.3 is 6.09 Å². The summed E-state index contributed by atoms with van der Waals surface area (Å²) in [5.74, 6) is -0.399. The second kappa shape index (κ2) is 7.49. The Balaban J connectivity index is 1.78. The number of amides is 2. The van der Waals surface area contributed by atoms with Crippen LogP contribution in [0, 0.1) is 5.92 Å². The molecule has 0 radical (unpaired) electrons. The monoisotopic (exact) mass is 376 g/mol. The summed E-state index contributed by atoms with van der Waals surface area (Å²) in [6.45, 7) is 6.44. The van der Waals surface area contributed by atoms with Crippen LogP contribution >= 0.6 is 0 Å². The van der Waals surface area contributed by atoms with Gasteiger partial charge in [-0.1, -0.05) is 0 Å². The van der Waals surface area contributed by atoms with Gasteiger partial charge < -0.3 is 15.0 Å². The number of alkyl carbamates (subject to hydrolysis) is 1. The number of rotatable bonds is 3. The summed E-state index contributed by atoms with van der Waals surface area (Å²) in [5, 5.41) is 1.99. The summed E-state index contributed by atoms with van der Waals surface area (Å²) < 4.78 is 36.8. The van der Waals surface area contributed by atoms with Gasteiger partial charge in [0.15, 0.2) is 0 Å². The number of nitrogens with zero attached hydrogens (tertiary/aromatic N) is 1. The van der Waals surface area contributed by atoms with Gasteiger partial charge in [0.2, 0.25) is 5.91 Å². The number of ether oxygens (including phenoxy) is 1. The van der Waals surface area contributed by atoms with Crippen LogP contribution in [0.3, 0.4) is 0 Å². The molecule has 2 N–H and O–H groups in total. The lowest BCUT2D eigenvalue weighted by molar-refractivity contribution is -0.136. The van der Waals surface area contributed by atoms with Crippen molar-refractivity contribution in [1.82, 2.24) is 10.2 Å². The molecule has 1 aliphatic heterocycles. The lowest BCUT2D eigenvalue weighted by atomic mass is 10.0. The normalized spacial score (nSPS) is 25.7. The molecule has 2 amide bonds. The summed E-state index contributed by atoms with van der Waals surface area (Å²) in [6, 6.07) is -0.0342. The summed E-state index contributed by atoms with van der Waals surface area (Å²) in [4.78, 5) is 26.0. The topological polar surface area (TPSA) is 113 Å². The maximum Gasteiger partial charge on any atom is 0.407 e. The van der Waals surface area contributed by atoms with Crippen LogP contribution in [0.1, 0.15) is 52.9 Å². The highest BCUT2D eigenvalue weighted by atomic mass is 32.2. The molecule has 1 saturated carbocycles. The second-order valence-electron chi connectivity index (χ2n) is 7.89. The number of carbonyl (C=O) groups is 2. The first-order valence-electron chi connectivity index (χ1n) is 8.70. The molecule has 25 heavy (non-hydrogen) atoms. The summed E-state index contributed by atoms with van der Waals surface area (Å²) in [6.07, 6.45) is 1.82. The van der Waals surface area contributed by atoms with Crippen molar-refractivity contribution < 1.29 is 27.3 Å². The van der Waals surface area contributed by atoms with Crippen LogP contribution in [0.2, 0.25) is 0 Å². The molecule has 2 fully saturated rings. The predicted molar refractivity (Wildman–Crippen MR) is 91.6 cm³/mol. The van der Waals surface area contributed by atoms with E-state index < -0.39 is 27.1 Å². The molecule has 0 aromatic carbocycles. The van der Waals surface area contributed by atoms with E-state index in [0.717, 1.165) is 0 Å². The zero-order chi connectivity index (χ0) is 18.8. The van der Waals surface area contributed by atoms with Gasteiger partial charge in [-0.2, -0.15) is 8.42 Å². The van der Waals surface area contributed by atoms with Crippen molar-refractivity contribution in [2.24, 2.45) is 5.92 Å². The molecule has 0 aromatic heterocycles. The Kier molecular flexibility index (Phi) is 5.98. The number of likely N-dealkylation sites (tertiary alicyclic amines) is 1. The molecule has 0 aromatic rings. The van der Waals surface area contributed by atoms with E-state index in [2.05, 4.69) is 5.32 Å². The number of piperidine rings is 1. The second-order valence-corrected chi connectivity index (χ2v) is 9.59. The van der Waals surface area contributed by atoms with E-state index >= 15 is 0 Å². The smallest absolute Gasteiger partial charge is 0.407 e. The first-order chi connectivity index (χ1) is 11.5. The quantitative estimate of drug-likeness (QED) is 0.723. The van der Waals surface area contributed by atoms with Gasteiger partial charge in [0.25, 0.3) is 10.1 Å². The first kappa shape index (κ1) is 20.0. The van der Waals surface area contributed by atoms with Gasteiger partial charge in [-0.3, -0.25) is 9.35 Å². The van der Waals surface area contributed by atoms with Crippen LogP contribution in [0.5, 0.6) is 0 Å². The molecule has 1 saturated heterocycles. The average Bonchev–Trinajstić information content (AvgIpc) is 2.95. The van der Waals surface area contributed by atoms with Crippen molar-refractivity contribution in [1.29, 1.82) is 0 Å². The number of carbonyl (C=O) groups excluding carboxylic acids is 2. The van der Waals surface area contributed by atoms with Crippen molar-refractivity contribution in [3.8, 4) is 0 Å². The number of nitrogens with one attached hydrogen (secondary N) is 1. The SMILES string of the molecule is CC(C)(C)OC(=O)NC1CCN(C(=O)C2CCC(S(=O)(=O)O)C2)CC1. The van der Waals surface area contributed by atoms with Gasteiger partial charge in [-0.05, 0) is 52.9 Å². The highest BCUT2D eigenvalue weighted by molar-refractivity contribution is 7.86. The van der Waals surface area contributed by atoms with Crippen LogP contribution in [0.25, 0.3) is 0 Å². The van der Waals surface area contributed by atoms with E-state index in [1.165, 1.54) is 0 Å². The lowest BCUT2D eigenvalue weighted by Crippen LogP contribution is -2.48. The molecule has 1 heterocycles. The maximum absolute atomic E-state index is 12.5. The fourth-order valence-electron chi connectivity index (χ4n) is 3.41. The van der Waals surface area contributed by atoms with Crippen LogP contribution in [0.4, 0.5) is 4.79 Å². The van der Waals surface area contributed by atoms with Crippen molar-refractivity contribution in [3.05, 3.63) is 0 Å². The van der Waals surface area contributed by atoms with Crippen molar-refractivity contribution in [2.75, 3.05) is 13.1 Å². The first-order valence-corrected chi connectivity index (χ1v) is 10.2. The summed E-state index contributed by atoms with van der Waals surface area (Å²) in [7, 11) is -4.07. The molecule has 2 rings (SSSR count). The lowest BCUT2D eigenvalue weighted by Gasteiger charge is -2.34. The van der Waals surface area contributed by atoms with Crippen molar-refractivity contribution in [3.63, 3.8) is 0 Å². The van der Waals surface area contributed by atoms with Gasteiger partial charge in [-0.15, -0.1) is 0 Å². The Morgan fingerprint density at radius 1 is 1.12 bits per heavy atom. The summed E-state index contributed by atoms with van der Waals surface area (Å²) in [5.41, 5.74) is -0.549. The highest BCUT2D eigenvalue weighted by Gasteiger charge is 2.39. The van der Waals surface area contributed by atoms with Crippen molar-refractivity contribution in [2.45, 2.75) is 69.8 Å².